The van der Waals surface area contributed by atoms with Crippen molar-refractivity contribution in [3.8, 4) is 0 Å². The zero-order valence-electron chi connectivity index (χ0n) is 16.5. The topological polar surface area (TPSA) is 51.9 Å². The quantitative estimate of drug-likeness (QED) is 0.640. The van der Waals surface area contributed by atoms with Crippen LogP contribution in [0.4, 0.5) is 11.6 Å². The summed E-state index contributed by atoms with van der Waals surface area (Å²) in [6.07, 6.45) is 1.91. The van der Waals surface area contributed by atoms with Crippen LogP contribution in [-0.2, 0) is 13.6 Å². The first-order chi connectivity index (χ1) is 13.0. The SMILES string of the molecule is CN=C(NCc1cnc(N(C)C)n1C)N1CCN(c2cccc(Cl)c2)CC1. The van der Waals surface area contributed by atoms with Crippen LogP contribution < -0.4 is 15.1 Å². The van der Waals surface area contributed by atoms with Crippen molar-refractivity contribution in [1.29, 1.82) is 0 Å². The third kappa shape index (κ3) is 4.47. The normalized spacial score (nSPS) is 15.2. The molecule has 1 saturated heterocycles. The number of benzene rings is 1. The largest absolute Gasteiger partial charge is 0.368 e. The number of nitrogens with one attached hydrogen (secondary N) is 1. The Morgan fingerprint density at radius 3 is 2.59 bits per heavy atom. The van der Waals surface area contributed by atoms with Crippen molar-refractivity contribution in [2.24, 2.45) is 12.0 Å². The van der Waals surface area contributed by atoms with E-state index in [1.54, 1.807) is 0 Å². The van der Waals surface area contributed by atoms with Gasteiger partial charge in [-0.15, -0.1) is 0 Å². The molecule has 146 valence electrons. The molecule has 0 saturated carbocycles. The summed E-state index contributed by atoms with van der Waals surface area (Å²) < 4.78 is 2.09. The predicted octanol–water partition coefficient (Wildman–Crippen LogP) is 2.04. The lowest BCUT2D eigenvalue weighted by atomic mass is 10.2. The average molecular weight is 390 g/mol. The van der Waals surface area contributed by atoms with E-state index < -0.39 is 0 Å². The number of aliphatic imine (C=N–C) groups is 1. The van der Waals surface area contributed by atoms with E-state index in [1.165, 1.54) is 5.69 Å². The Balaban J connectivity index is 1.56. The minimum absolute atomic E-state index is 0.693. The molecule has 1 aromatic carbocycles. The number of rotatable bonds is 4. The second kappa shape index (κ2) is 8.52. The molecule has 3 rings (SSSR count). The summed E-state index contributed by atoms with van der Waals surface area (Å²) in [6, 6.07) is 8.04. The van der Waals surface area contributed by atoms with Gasteiger partial charge in [0.15, 0.2) is 5.96 Å². The average Bonchev–Trinajstić information content (AvgIpc) is 3.03. The van der Waals surface area contributed by atoms with Gasteiger partial charge in [0, 0.05) is 65.1 Å². The number of halogens is 1. The van der Waals surface area contributed by atoms with Crippen LogP contribution in [0.3, 0.4) is 0 Å². The van der Waals surface area contributed by atoms with Crippen molar-refractivity contribution >= 4 is 29.2 Å². The summed E-state index contributed by atoms with van der Waals surface area (Å²) in [5.74, 6) is 1.87. The lowest BCUT2D eigenvalue weighted by molar-refractivity contribution is 0.372. The molecule has 0 atom stereocenters. The molecule has 0 bridgehead atoms. The molecule has 1 aliphatic heterocycles. The third-order valence-electron chi connectivity index (χ3n) is 4.85. The standard InChI is InChI=1S/C19H28ClN7/c1-21-18(22-13-17-14-23-19(24(2)3)25(17)4)27-10-8-26(9-11-27)16-7-5-6-15(20)12-16/h5-7,12,14H,8-11,13H2,1-4H3,(H,21,22). The van der Waals surface area contributed by atoms with E-state index in [2.05, 4.69) is 35.7 Å². The summed E-state index contributed by atoms with van der Waals surface area (Å²) in [7, 11) is 7.86. The molecule has 2 heterocycles. The van der Waals surface area contributed by atoms with E-state index in [0.717, 1.165) is 48.8 Å². The fraction of sp³-hybridized carbons (Fsp3) is 0.474. The number of hydrogen-bond donors (Lipinski definition) is 1. The van der Waals surface area contributed by atoms with Gasteiger partial charge in [-0.2, -0.15) is 0 Å². The number of aromatic nitrogens is 2. The van der Waals surface area contributed by atoms with Crippen LogP contribution in [-0.4, -0.2) is 67.7 Å². The third-order valence-corrected chi connectivity index (χ3v) is 5.09. The lowest BCUT2D eigenvalue weighted by Crippen LogP contribution is -2.52. The van der Waals surface area contributed by atoms with Gasteiger partial charge in [0.25, 0.3) is 0 Å². The van der Waals surface area contributed by atoms with Crippen LogP contribution in [0.2, 0.25) is 5.02 Å². The molecule has 7 nitrogen and oxygen atoms in total. The summed E-state index contributed by atoms with van der Waals surface area (Å²) in [6.45, 7) is 4.41. The molecule has 27 heavy (non-hydrogen) atoms. The Kier molecular flexibility index (Phi) is 6.11. The lowest BCUT2D eigenvalue weighted by Gasteiger charge is -2.37. The molecule has 1 N–H and O–H groups in total. The number of nitrogens with zero attached hydrogens (tertiary/aromatic N) is 6. The smallest absolute Gasteiger partial charge is 0.204 e. The van der Waals surface area contributed by atoms with Crippen LogP contribution in [0.25, 0.3) is 0 Å². The Labute approximate surface area is 166 Å². The second-order valence-electron chi connectivity index (χ2n) is 6.86. The van der Waals surface area contributed by atoms with Gasteiger partial charge >= 0.3 is 0 Å². The van der Waals surface area contributed by atoms with Gasteiger partial charge in [0.05, 0.1) is 18.4 Å². The van der Waals surface area contributed by atoms with Crippen LogP contribution in [0.5, 0.6) is 0 Å². The maximum atomic E-state index is 6.12. The highest BCUT2D eigenvalue weighted by Crippen LogP contribution is 2.20. The van der Waals surface area contributed by atoms with Crippen LogP contribution in [0.1, 0.15) is 5.69 Å². The molecule has 8 heteroatoms. The van der Waals surface area contributed by atoms with Gasteiger partial charge in [-0.25, -0.2) is 4.98 Å². The second-order valence-corrected chi connectivity index (χ2v) is 7.29. The summed E-state index contributed by atoms with van der Waals surface area (Å²) in [4.78, 5) is 15.6. The Bertz CT molecular complexity index is 791. The first-order valence-electron chi connectivity index (χ1n) is 9.13. The van der Waals surface area contributed by atoms with Crippen molar-refractivity contribution in [1.82, 2.24) is 19.8 Å². The number of hydrogen-bond acceptors (Lipinski definition) is 4. The Hall–Kier alpha value is -2.41. The van der Waals surface area contributed by atoms with E-state index in [1.807, 2.05) is 57.5 Å². The van der Waals surface area contributed by atoms with E-state index >= 15 is 0 Å². The zero-order valence-corrected chi connectivity index (χ0v) is 17.2. The highest BCUT2D eigenvalue weighted by Gasteiger charge is 2.20. The maximum absolute atomic E-state index is 6.12. The van der Waals surface area contributed by atoms with E-state index in [-0.39, 0.29) is 0 Å². The van der Waals surface area contributed by atoms with Crippen LogP contribution in [0, 0.1) is 0 Å². The van der Waals surface area contributed by atoms with Gasteiger partial charge in [0.1, 0.15) is 0 Å². The van der Waals surface area contributed by atoms with Gasteiger partial charge in [0.2, 0.25) is 5.95 Å². The van der Waals surface area contributed by atoms with Crippen molar-refractivity contribution < 1.29 is 0 Å². The highest BCUT2D eigenvalue weighted by atomic mass is 35.5. The van der Waals surface area contributed by atoms with Crippen molar-refractivity contribution in [2.45, 2.75) is 6.54 Å². The molecule has 1 fully saturated rings. The Morgan fingerprint density at radius 1 is 1.26 bits per heavy atom. The minimum atomic E-state index is 0.693. The zero-order chi connectivity index (χ0) is 19.4. The molecular weight excluding hydrogens is 362 g/mol. The summed E-state index contributed by atoms with van der Waals surface area (Å²) in [5.41, 5.74) is 2.30. The van der Waals surface area contributed by atoms with Crippen LogP contribution >= 0.6 is 11.6 Å². The van der Waals surface area contributed by atoms with Gasteiger partial charge < -0.3 is 24.6 Å². The Morgan fingerprint density at radius 2 is 2.00 bits per heavy atom. The van der Waals surface area contributed by atoms with Crippen molar-refractivity contribution in [3.63, 3.8) is 0 Å². The molecule has 0 unspecified atom stereocenters. The monoisotopic (exact) mass is 389 g/mol. The number of guanidine groups is 1. The summed E-state index contributed by atoms with van der Waals surface area (Å²) >= 11 is 6.12. The molecule has 1 aliphatic rings. The minimum Gasteiger partial charge on any atom is -0.368 e. The van der Waals surface area contributed by atoms with Gasteiger partial charge in [-0.3, -0.25) is 4.99 Å². The molecule has 1 aromatic heterocycles. The number of piperazine rings is 1. The van der Waals surface area contributed by atoms with Crippen molar-refractivity contribution in [3.05, 3.63) is 41.2 Å². The fourth-order valence-electron chi connectivity index (χ4n) is 3.36. The van der Waals surface area contributed by atoms with E-state index in [4.69, 9.17) is 11.6 Å². The number of anilines is 2. The maximum Gasteiger partial charge on any atom is 0.204 e. The van der Waals surface area contributed by atoms with Gasteiger partial charge in [-0.1, -0.05) is 17.7 Å². The first-order valence-corrected chi connectivity index (χ1v) is 9.51. The molecule has 0 radical (unpaired) electrons. The van der Waals surface area contributed by atoms with Crippen molar-refractivity contribution in [2.75, 3.05) is 57.1 Å². The number of imidazole rings is 1. The molecule has 2 aromatic rings. The molecule has 0 aliphatic carbocycles. The van der Waals surface area contributed by atoms with E-state index in [0.29, 0.717) is 6.54 Å². The van der Waals surface area contributed by atoms with Crippen LogP contribution in [0.15, 0.2) is 35.5 Å². The first kappa shape index (κ1) is 19.4. The fourth-order valence-corrected chi connectivity index (χ4v) is 3.55. The predicted molar refractivity (Wildman–Crippen MR) is 113 cm³/mol. The molecule has 0 spiro atoms. The molecular formula is C19H28ClN7. The molecule has 0 amide bonds. The van der Waals surface area contributed by atoms with E-state index in [9.17, 15) is 0 Å². The van der Waals surface area contributed by atoms with Gasteiger partial charge in [-0.05, 0) is 18.2 Å². The summed E-state index contributed by atoms with van der Waals surface area (Å²) in [5, 5.41) is 4.25. The highest BCUT2D eigenvalue weighted by molar-refractivity contribution is 6.30.